The molecule has 0 atom stereocenters. The third kappa shape index (κ3) is 1.97. The van der Waals surface area contributed by atoms with E-state index >= 15 is 0 Å². The largest absolute Gasteiger partial charge is 0.360 e. The molecule has 0 amide bonds. The quantitative estimate of drug-likeness (QED) is 0.429. The lowest BCUT2D eigenvalue weighted by atomic mass is 10.0. The van der Waals surface area contributed by atoms with Gasteiger partial charge < -0.3 is 5.32 Å². The molecular formula is C11H18N6O2. The molecule has 1 aromatic rings. The second-order valence-corrected chi connectivity index (χ2v) is 5.85. The molecule has 1 aliphatic rings. The summed E-state index contributed by atoms with van der Waals surface area (Å²) in [5, 5.41) is 14.1. The van der Waals surface area contributed by atoms with Crippen molar-refractivity contribution in [1.29, 1.82) is 0 Å². The van der Waals surface area contributed by atoms with E-state index in [1.807, 2.05) is 0 Å². The zero-order chi connectivity index (χ0) is 14.4. The van der Waals surface area contributed by atoms with Crippen molar-refractivity contribution >= 4 is 17.5 Å². The fourth-order valence-corrected chi connectivity index (χ4v) is 2.38. The van der Waals surface area contributed by atoms with Gasteiger partial charge in [0.1, 0.15) is 6.20 Å². The van der Waals surface area contributed by atoms with E-state index in [1.165, 1.54) is 0 Å². The summed E-state index contributed by atoms with van der Waals surface area (Å²) in [4.78, 5) is 18.2. The van der Waals surface area contributed by atoms with Crippen molar-refractivity contribution in [3.63, 3.8) is 0 Å². The molecule has 1 saturated carbocycles. The number of nitro groups is 1. The van der Waals surface area contributed by atoms with Crippen LogP contribution in [0, 0.1) is 20.9 Å². The summed E-state index contributed by atoms with van der Waals surface area (Å²) in [6.45, 7) is 8.44. The second-order valence-electron chi connectivity index (χ2n) is 5.85. The molecule has 0 spiro atoms. The van der Waals surface area contributed by atoms with E-state index in [1.54, 1.807) is 0 Å². The molecule has 0 bridgehead atoms. The van der Waals surface area contributed by atoms with Gasteiger partial charge in [-0.25, -0.2) is 10.8 Å². The van der Waals surface area contributed by atoms with Crippen LogP contribution in [0.5, 0.6) is 0 Å². The first-order valence-corrected chi connectivity index (χ1v) is 5.96. The summed E-state index contributed by atoms with van der Waals surface area (Å²) in [6.07, 6.45) is 1.15. The number of rotatable bonds is 4. The molecular weight excluding hydrogens is 248 g/mol. The van der Waals surface area contributed by atoms with Crippen molar-refractivity contribution in [3.8, 4) is 0 Å². The highest BCUT2D eigenvalue weighted by molar-refractivity contribution is 5.59. The lowest BCUT2D eigenvalue weighted by molar-refractivity contribution is -0.384. The average molecular weight is 266 g/mol. The second kappa shape index (κ2) is 4.02. The number of hydrogen-bond acceptors (Lipinski definition) is 7. The van der Waals surface area contributed by atoms with Gasteiger partial charge in [0, 0.05) is 6.04 Å². The number of hydrogen-bond donors (Lipinski definition) is 3. The topological polar surface area (TPSA) is 119 Å². The van der Waals surface area contributed by atoms with Crippen LogP contribution < -0.4 is 16.6 Å². The number of anilines is 2. The maximum Gasteiger partial charge on any atom is 0.329 e. The molecule has 2 rings (SSSR count). The summed E-state index contributed by atoms with van der Waals surface area (Å²) in [5.41, 5.74) is 2.22. The summed E-state index contributed by atoms with van der Waals surface area (Å²) < 4.78 is 0. The van der Waals surface area contributed by atoms with Crippen LogP contribution in [0.1, 0.15) is 27.7 Å². The Kier molecular flexibility index (Phi) is 2.85. The van der Waals surface area contributed by atoms with Crippen LogP contribution in [0.15, 0.2) is 6.20 Å². The highest BCUT2D eigenvalue weighted by atomic mass is 16.6. The number of aromatic nitrogens is 2. The summed E-state index contributed by atoms with van der Waals surface area (Å²) in [5.74, 6) is 5.56. The van der Waals surface area contributed by atoms with Gasteiger partial charge in [-0.05, 0) is 10.8 Å². The van der Waals surface area contributed by atoms with Gasteiger partial charge in [-0.15, -0.1) is 0 Å². The van der Waals surface area contributed by atoms with Crippen LogP contribution >= 0.6 is 0 Å². The first kappa shape index (κ1) is 13.5. The summed E-state index contributed by atoms with van der Waals surface area (Å²) >= 11 is 0. The Morgan fingerprint density at radius 3 is 2.37 bits per heavy atom. The Hall–Kier alpha value is -1.96. The minimum atomic E-state index is -0.509. The van der Waals surface area contributed by atoms with Gasteiger partial charge in [-0.2, -0.15) is 4.98 Å². The maximum absolute atomic E-state index is 11.0. The van der Waals surface area contributed by atoms with Gasteiger partial charge in [0.05, 0.1) is 4.92 Å². The molecule has 1 fully saturated rings. The minimum absolute atomic E-state index is 0.0438. The van der Waals surface area contributed by atoms with E-state index in [0.717, 1.165) is 6.20 Å². The van der Waals surface area contributed by atoms with Crippen molar-refractivity contribution in [2.24, 2.45) is 16.7 Å². The normalized spacial score (nSPS) is 19.8. The van der Waals surface area contributed by atoms with E-state index < -0.39 is 4.92 Å². The molecule has 0 aromatic carbocycles. The zero-order valence-corrected chi connectivity index (χ0v) is 11.4. The molecule has 4 N–H and O–H groups in total. The van der Waals surface area contributed by atoms with Crippen LogP contribution in [0.3, 0.4) is 0 Å². The van der Waals surface area contributed by atoms with E-state index in [-0.39, 0.29) is 34.3 Å². The predicted molar refractivity (Wildman–Crippen MR) is 71.5 cm³/mol. The predicted octanol–water partition coefficient (Wildman–Crippen LogP) is 1.52. The van der Waals surface area contributed by atoms with Gasteiger partial charge in [0.15, 0.2) is 0 Å². The fourth-order valence-electron chi connectivity index (χ4n) is 2.38. The third-order valence-electron chi connectivity index (χ3n) is 4.40. The van der Waals surface area contributed by atoms with Crippen molar-refractivity contribution < 1.29 is 4.92 Å². The van der Waals surface area contributed by atoms with Crippen LogP contribution in [-0.2, 0) is 0 Å². The number of nitrogen functional groups attached to an aromatic ring is 1. The molecule has 1 heterocycles. The number of nitrogens with one attached hydrogen (secondary N) is 2. The van der Waals surface area contributed by atoms with Crippen LogP contribution in [0.4, 0.5) is 17.5 Å². The Morgan fingerprint density at radius 2 is 1.95 bits per heavy atom. The summed E-state index contributed by atoms with van der Waals surface area (Å²) in [6, 6.07) is 0.110. The molecule has 1 aromatic heterocycles. The first-order chi connectivity index (χ1) is 8.71. The fraction of sp³-hybridized carbons (Fsp3) is 0.636. The lowest BCUT2D eigenvalue weighted by Crippen LogP contribution is -2.16. The van der Waals surface area contributed by atoms with E-state index in [4.69, 9.17) is 5.84 Å². The van der Waals surface area contributed by atoms with Gasteiger partial charge in [0.2, 0.25) is 11.8 Å². The molecule has 8 nitrogen and oxygen atoms in total. The van der Waals surface area contributed by atoms with Gasteiger partial charge in [-0.1, -0.05) is 27.7 Å². The highest BCUT2D eigenvalue weighted by Gasteiger charge is 2.65. The Bertz CT molecular complexity index is 514. The molecule has 1 aliphatic carbocycles. The monoisotopic (exact) mass is 266 g/mol. The van der Waals surface area contributed by atoms with Crippen LogP contribution in [0.2, 0.25) is 0 Å². The van der Waals surface area contributed by atoms with Crippen molar-refractivity contribution in [2.45, 2.75) is 33.7 Å². The number of hydrazine groups is 1. The Balaban J connectivity index is 2.32. The highest BCUT2D eigenvalue weighted by Crippen LogP contribution is 2.63. The Morgan fingerprint density at radius 1 is 1.37 bits per heavy atom. The lowest BCUT2D eigenvalue weighted by Gasteiger charge is -2.08. The third-order valence-corrected chi connectivity index (χ3v) is 4.40. The minimum Gasteiger partial charge on any atom is -0.360 e. The van der Waals surface area contributed by atoms with Crippen molar-refractivity contribution in [1.82, 2.24) is 9.97 Å². The molecule has 8 heteroatoms. The van der Waals surface area contributed by atoms with Gasteiger partial charge in [-0.3, -0.25) is 15.5 Å². The SMILES string of the molecule is CC1(C)C(Nc2nc(NN)ncc2[N+](=O)[O-])C1(C)C. The maximum atomic E-state index is 11.0. The molecule has 0 saturated heterocycles. The first-order valence-electron chi connectivity index (χ1n) is 5.96. The Labute approximate surface area is 110 Å². The molecule has 0 radical (unpaired) electrons. The number of nitrogens with two attached hydrogens (primary N) is 1. The average Bonchev–Trinajstić information content (AvgIpc) is 2.71. The van der Waals surface area contributed by atoms with E-state index in [9.17, 15) is 10.1 Å². The van der Waals surface area contributed by atoms with Gasteiger partial charge in [0.25, 0.3) is 0 Å². The van der Waals surface area contributed by atoms with Crippen LogP contribution in [-0.4, -0.2) is 20.9 Å². The van der Waals surface area contributed by atoms with Crippen molar-refractivity contribution in [2.75, 3.05) is 10.7 Å². The number of nitrogens with zero attached hydrogens (tertiary/aromatic N) is 3. The standard InChI is InChI=1S/C11H18N6O2/c1-10(2)8(11(10,3)4)14-7-6(17(18)19)5-13-9(15-7)16-12/h5,8H,12H2,1-4H3,(H2,13,14,15,16). The molecule has 104 valence electrons. The van der Waals surface area contributed by atoms with E-state index in [0.29, 0.717) is 0 Å². The van der Waals surface area contributed by atoms with E-state index in [2.05, 4.69) is 48.4 Å². The van der Waals surface area contributed by atoms with Crippen molar-refractivity contribution in [3.05, 3.63) is 16.3 Å². The van der Waals surface area contributed by atoms with Crippen LogP contribution in [0.25, 0.3) is 0 Å². The zero-order valence-electron chi connectivity index (χ0n) is 11.4. The smallest absolute Gasteiger partial charge is 0.329 e. The molecule has 0 unspecified atom stereocenters. The molecule has 19 heavy (non-hydrogen) atoms. The van der Waals surface area contributed by atoms with Gasteiger partial charge >= 0.3 is 5.69 Å². The molecule has 0 aliphatic heterocycles. The summed E-state index contributed by atoms with van der Waals surface area (Å²) in [7, 11) is 0.